The predicted molar refractivity (Wildman–Crippen MR) is 185 cm³/mol. The summed E-state index contributed by atoms with van der Waals surface area (Å²) >= 11 is 1.55. The average Bonchev–Trinajstić information content (AvgIpc) is 2.94. The number of aryl methyl sites for hydroxylation is 2. The van der Waals surface area contributed by atoms with Crippen LogP contribution in [0.4, 0.5) is 4.79 Å². The van der Waals surface area contributed by atoms with Crippen LogP contribution in [0.25, 0.3) is 0 Å². The van der Waals surface area contributed by atoms with Gasteiger partial charge in [0.1, 0.15) is 29.3 Å². The molecule has 10 heteroatoms. The van der Waals surface area contributed by atoms with Gasteiger partial charge in [0.2, 0.25) is 11.8 Å². The molecule has 0 saturated carbocycles. The van der Waals surface area contributed by atoms with Crippen LogP contribution >= 0.6 is 11.8 Å². The molecule has 0 fully saturated rings. The van der Waals surface area contributed by atoms with Crippen molar-refractivity contribution in [2.24, 2.45) is 0 Å². The Labute approximate surface area is 279 Å². The zero-order valence-electron chi connectivity index (χ0n) is 29.2. The lowest BCUT2D eigenvalue weighted by molar-refractivity contribution is -0.159. The smallest absolute Gasteiger partial charge is 0.408 e. The van der Waals surface area contributed by atoms with Crippen LogP contribution in [0.3, 0.4) is 0 Å². The fraction of sp³-hybridized carbons (Fsp3) is 0.556. The fourth-order valence-electron chi connectivity index (χ4n) is 5.00. The second-order valence-corrected chi connectivity index (χ2v) is 14.5. The number of ether oxygens (including phenoxy) is 2. The van der Waals surface area contributed by atoms with Crippen LogP contribution in [-0.2, 0) is 30.3 Å². The second-order valence-electron chi connectivity index (χ2n) is 13.6. The van der Waals surface area contributed by atoms with E-state index in [1.54, 1.807) is 53.3 Å². The van der Waals surface area contributed by atoms with Gasteiger partial charge in [-0.3, -0.25) is 9.59 Å². The van der Waals surface area contributed by atoms with Gasteiger partial charge < -0.3 is 25.0 Å². The summed E-state index contributed by atoms with van der Waals surface area (Å²) < 4.78 is 11.2. The number of thioether (sulfide) groups is 1. The number of hydrogen-bond acceptors (Lipinski definition) is 7. The molecule has 2 aromatic rings. The standard InChI is InChI=1S/C36H53N3O6S/c1-11-20-39(32(41)28(19-21-46-10)38-34(43)45-36(7,8)9)30(27-18-17-24(2)22-25(27)3)31(40)37-29(33(42)44-35(4,5)6)23-26-15-13-12-14-16-26/h12-18,22,28-30H,11,19-21,23H2,1-10H3,(H,37,40)(H,38,43). The first-order chi connectivity index (χ1) is 21.5. The Bertz CT molecular complexity index is 1320. The summed E-state index contributed by atoms with van der Waals surface area (Å²) in [6.07, 6.45) is 2.33. The van der Waals surface area contributed by atoms with Gasteiger partial charge in [-0.2, -0.15) is 11.8 Å². The monoisotopic (exact) mass is 655 g/mol. The summed E-state index contributed by atoms with van der Waals surface area (Å²) in [6, 6.07) is 12.1. The van der Waals surface area contributed by atoms with Gasteiger partial charge in [-0.05, 0) is 96.9 Å². The first kappa shape index (κ1) is 38.7. The topological polar surface area (TPSA) is 114 Å². The normalized spacial score (nSPS) is 13.6. The number of carbonyl (C=O) groups is 4. The number of benzene rings is 2. The maximum atomic E-state index is 14.5. The number of hydrogen-bond donors (Lipinski definition) is 2. The van der Waals surface area contributed by atoms with E-state index in [2.05, 4.69) is 10.6 Å². The Hall–Kier alpha value is -3.53. The Morgan fingerprint density at radius 3 is 2.04 bits per heavy atom. The van der Waals surface area contributed by atoms with E-state index in [0.717, 1.165) is 16.7 Å². The summed E-state index contributed by atoms with van der Waals surface area (Å²) in [5, 5.41) is 5.71. The van der Waals surface area contributed by atoms with E-state index in [-0.39, 0.29) is 13.0 Å². The lowest BCUT2D eigenvalue weighted by Gasteiger charge is -2.36. The molecule has 9 nitrogen and oxygen atoms in total. The number of rotatable bonds is 14. The van der Waals surface area contributed by atoms with E-state index in [4.69, 9.17) is 9.47 Å². The number of nitrogens with one attached hydrogen (secondary N) is 2. The third-order valence-electron chi connectivity index (χ3n) is 6.92. The van der Waals surface area contributed by atoms with Gasteiger partial charge in [0.15, 0.2) is 0 Å². The molecule has 0 aromatic heterocycles. The van der Waals surface area contributed by atoms with Crippen molar-refractivity contribution in [2.75, 3.05) is 18.6 Å². The Morgan fingerprint density at radius 1 is 0.870 bits per heavy atom. The first-order valence-electron chi connectivity index (χ1n) is 15.9. The average molecular weight is 656 g/mol. The van der Waals surface area contributed by atoms with Gasteiger partial charge in [0.25, 0.3) is 0 Å². The fourth-order valence-corrected chi connectivity index (χ4v) is 5.47. The molecule has 3 atom stereocenters. The van der Waals surface area contributed by atoms with Crippen LogP contribution < -0.4 is 10.6 Å². The molecular formula is C36H53N3O6S. The maximum absolute atomic E-state index is 14.5. The summed E-state index contributed by atoms with van der Waals surface area (Å²) in [5.41, 5.74) is 1.79. The Balaban J connectivity index is 2.61. The van der Waals surface area contributed by atoms with Crippen molar-refractivity contribution in [2.45, 2.75) is 111 Å². The summed E-state index contributed by atoms with van der Waals surface area (Å²) in [5.74, 6) is -0.883. The van der Waals surface area contributed by atoms with Crippen LogP contribution in [0.15, 0.2) is 48.5 Å². The largest absolute Gasteiger partial charge is 0.458 e. The van der Waals surface area contributed by atoms with Gasteiger partial charge in [-0.1, -0.05) is 61.0 Å². The SMILES string of the molecule is CCCN(C(=O)C(CCSC)NC(=O)OC(C)(C)C)C(C(=O)NC(Cc1ccccc1)C(=O)OC(C)(C)C)c1ccc(C)cc1C. The highest BCUT2D eigenvalue weighted by Crippen LogP contribution is 2.28. The molecule has 0 spiro atoms. The van der Waals surface area contributed by atoms with E-state index < -0.39 is 53.2 Å². The van der Waals surface area contributed by atoms with Crippen LogP contribution in [0.5, 0.6) is 0 Å². The van der Waals surface area contributed by atoms with Crippen LogP contribution in [0.2, 0.25) is 0 Å². The highest BCUT2D eigenvalue weighted by molar-refractivity contribution is 7.98. The van der Waals surface area contributed by atoms with E-state index in [1.807, 2.05) is 75.6 Å². The van der Waals surface area contributed by atoms with Crippen molar-refractivity contribution in [3.05, 3.63) is 70.8 Å². The highest BCUT2D eigenvalue weighted by Gasteiger charge is 2.38. The van der Waals surface area contributed by atoms with Crippen molar-refractivity contribution in [3.8, 4) is 0 Å². The molecule has 3 amide bonds. The van der Waals surface area contributed by atoms with Gasteiger partial charge in [0, 0.05) is 13.0 Å². The summed E-state index contributed by atoms with van der Waals surface area (Å²) in [6.45, 7) is 16.6. The Kier molecular flexibility index (Phi) is 14.6. The van der Waals surface area contributed by atoms with Crippen molar-refractivity contribution in [1.29, 1.82) is 0 Å². The van der Waals surface area contributed by atoms with Gasteiger partial charge in [-0.25, -0.2) is 9.59 Å². The second kappa shape index (κ2) is 17.4. The molecule has 0 radical (unpaired) electrons. The molecule has 3 unspecified atom stereocenters. The first-order valence-corrected chi connectivity index (χ1v) is 17.3. The van der Waals surface area contributed by atoms with Crippen LogP contribution in [0, 0.1) is 13.8 Å². The predicted octanol–water partition coefficient (Wildman–Crippen LogP) is 6.30. The Morgan fingerprint density at radius 2 is 1.50 bits per heavy atom. The lowest BCUT2D eigenvalue weighted by atomic mass is 9.95. The minimum Gasteiger partial charge on any atom is -0.458 e. The van der Waals surface area contributed by atoms with E-state index in [1.165, 1.54) is 4.90 Å². The molecule has 2 aromatic carbocycles. The molecule has 46 heavy (non-hydrogen) atoms. The summed E-state index contributed by atoms with van der Waals surface area (Å²) in [7, 11) is 0. The van der Waals surface area contributed by atoms with E-state index >= 15 is 0 Å². The molecule has 2 N–H and O–H groups in total. The zero-order chi connectivity index (χ0) is 34.7. The lowest BCUT2D eigenvalue weighted by Crippen LogP contribution is -2.55. The summed E-state index contributed by atoms with van der Waals surface area (Å²) in [4.78, 5) is 56.7. The minimum absolute atomic E-state index is 0.208. The number of nitrogens with zero attached hydrogens (tertiary/aromatic N) is 1. The molecular weight excluding hydrogens is 602 g/mol. The van der Waals surface area contributed by atoms with Crippen molar-refractivity contribution < 1.29 is 28.7 Å². The van der Waals surface area contributed by atoms with Crippen LogP contribution in [-0.4, -0.2) is 70.6 Å². The zero-order valence-corrected chi connectivity index (χ0v) is 30.0. The van der Waals surface area contributed by atoms with E-state index in [9.17, 15) is 19.2 Å². The van der Waals surface area contributed by atoms with E-state index in [0.29, 0.717) is 24.2 Å². The van der Waals surface area contributed by atoms with Crippen molar-refractivity contribution in [1.82, 2.24) is 15.5 Å². The molecule has 254 valence electrons. The number of carbonyl (C=O) groups excluding carboxylic acids is 4. The molecule has 0 heterocycles. The quantitative estimate of drug-likeness (QED) is 0.230. The van der Waals surface area contributed by atoms with Gasteiger partial charge in [-0.15, -0.1) is 0 Å². The number of amides is 3. The molecule has 2 rings (SSSR count). The number of esters is 1. The van der Waals surface area contributed by atoms with Gasteiger partial charge in [0.05, 0.1) is 0 Å². The molecule has 0 aliphatic carbocycles. The highest BCUT2D eigenvalue weighted by atomic mass is 32.2. The van der Waals surface area contributed by atoms with Crippen molar-refractivity contribution >= 4 is 35.6 Å². The third-order valence-corrected chi connectivity index (χ3v) is 7.56. The molecule has 0 bridgehead atoms. The van der Waals surface area contributed by atoms with Gasteiger partial charge >= 0.3 is 12.1 Å². The maximum Gasteiger partial charge on any atom is 0.408 e. The molecule has 0 saturated heterocycles. The number of alkyl carbamates (subject to hydrolysis) is 1. The minimum atomic E-state index is -1.08. The molecule has 0 aliphatic rings. The third kappa shape index (κ3) is 12.7. The van der Waals surface area contributed by atoms with Crippen LogP contribution in [0.1, 0.15) is 89.6 Å². The molecule has 0 aliphatic heterocycles. The van der Waals surface area contributed by atoms with Crippen molar-refractivity contribution in [3.63, 3.8) is 0 Å².